The summed E-state index contributed by atoms with van der Waals surface area (Å²) in [4.78, 5) is 16.0. The van der Waals surface area contributed by atoms with Crippen LogP contribution in [0.3, 0.4) is 0 Å². The predicted octanol–water partition coefficient (Wildman–Crippen LogP) is 2.67. The maximum atomic E-state index is 12.1. The molecule has 1 N–H and O–H groups in total. The zero-order valence-electron chi connectivity index (χ0n) is 12.9. The molecule has 22 heavy (non-hydrogen) atoms. The van der Waals surface area contributed by atoms with E-state index >= 15 is 0 Å². The molecule has 0 fully saturated rings. The molecule has 1 atom stereocenters. The Bertz CT molecular complexity index is 803. The summed E-state index contributed by atoms with van der Waals surface area (Å²) >= 11 is 0. The molecule has 114 valence electrons. The van der Waals surface area contributed by atoms with E-state index in [0.717, 1.165) is 16.6 Å². The standard InChI is InChI=1S/C16H19N5O/c1-11-6-13-8-14(4-5-15(13)20(11)3)19-16(22)7-12(2)21-10-17-9-18-21/h4-6,8-10,12H,7H2,1-3H3,(H,19,22)/t12-/m1/s1. The lowest BCUT2D eigenvalue weighted by Gasteiger charge is -2.11. The van der Waals surface area contributed by atoms with Gasteiger partial charge in [0.25, 0.3) is 0 Å². The Hall–Kier alpha value is -2.63. The third kappa shape index (κ3) is 2.72. The monoisotopic (exact) mass is 297 g/mol. The van der Waals surface area contributed by atoms with Crippen molar-refractivity contribution in [2.45, 2.75) is 26.3 Å². The number of carbonyl (C=O) groups is 1. The van der Waals surface area contributed by atoms with E-state index in [1.165, 1.54) is 12.0 Å². The molecule has 6 nitrogen and oxygen atoms in total. The van der Waals surface area contributed by atoms with E-state index in [2.05, 4.69) is 33.0 Å². The van der Waals surface area contributed by atoms with Crippen LogP contribution in [0.2, 0.25) is 0 Å². The molecule has 2 aromatic heterocycles. The molecule has 0 saturated heterocycles. The van der Waals surface area contributed by atoms with E-state index in [0.29, 0.717) is 6.42 Å². The summed E-state index contributed by atoms with van der Waals surface area (Å²) in [5, 5.41) is 8.13. The fourth-order valence-corrected chi connectivity index (χ4v) is 2.58. The van der Waals surface area contributed by atoms with Crippen molar-refractivity contribution in [1.29, 1.82) is 0 Å². The van der Waals surface area contributed by atoms with Gasteiger partial charge in [0.2, 0.25) is 5.91 Å². The second-order valence-electron chi connectivity index (χ2n) is 5.60. The Kier molecular flexibility index (Phi) is 3.66. The highest BCUT2D eigenvalue weighted by atomic mass is 16.1. The van der Waals surface area contributed by atoms with Crippen LogP contribution in [-0.2, 0) is 11.8 Å². The highest BCUT2D eigenvalue weighted by Crippen LogP contribution is 2.22. The number of nitrogens with one attached hydrogen (secondary N) is 1. The summed E-state index contributed by atoms with van der Waals surface area (Å²) in [6.07, 6.45) is 3.45. The van der Waals surface area contributed by atoms with Crippen molar-refractivity contribution < 1.29 is 4.79 Å². The zero-order chi connectivity index (χ0) is 15.7. The molecule has 0 unspecified atom stereocenters. The van der Waals surface area contributed by atoms with Crippen LogP contribution in [0.15, 0.2) is 36.9 Å². The summed E-state index contributed by atoms with van der Waals surface area (Å²) in [5.74, 6) is -0.0324. The second kappa shape index (κ2) is 5.63. The molecule has 3 aromatic rings. The summed E-state index contributed by atoms with van der Waals surface area (Å²) in [7, 11) is 2.04. The van der Waals surface area contributed by atoms with Crippen LogP contribution >= 0.6 is 0 Å². The van der Waals surface area contributed by atoms with Crippen molar-refractivity contribution in [3.05, 3.63) is 42.6 Å². The van der Waals surface area contributed by atoms with E-state index in [-0.39, 0.29) is 11.9 Å². The number of rotatable bonds is 4. The first-order chi connectivity index (χ1) is 10.5. The van der Waals surface area contributed by atoms with E-state index in [1.54, 1.807) is 11.0 Å². The smallest absolute Gasteiger partial charge is 0.226 e. The van der Waals surface area contributed by atoms with Gasteiger partial charge in [-0.05, 0) is 38.1 Å². The van der Waals surface area contributed by atoms with Gasteiger partial charge in [-0.25, -0.2) is 9.67 Å². The van der Waals surface area contributed by atoms with Gasteiger partial charge in [-0.2, -0.15) is 5.10 Å². The van der Waals surface area contributed by atoms with Gasteiger partial charge in [0, 0.05) is 35.8 Å². The lowest BCUT2D eigenvalue weighted by Crippen LogP contribution is -2.17. The molecule has 0 aliphatic carbocycles. The van der Waals surface area contributed by atoms with Gasteiger partial charge < -0.3 is 9.88 Å². The normalized spacial score (nSPS) is 12.5. The number of aryl methyl sites for hydroxylation is 2. The number of hydrogen-bond donors (Lipinski definition) is 1. The van der Waals surface area contributed by atoms with Gasteiger partial charge in [-0.15, -0.1) is 0 Å². The van der Waals surface area contributed by atoms with Crippen LogP contribution < -0.4 is 5.32 Å². The topological polar surface area (TPSA) is 64.7 Å². The lowest BCUT2D eigenvalue weighted by molar-refractivity contribution is -0.116. The second-order valence-corrected chi connectivity index (χ2v) is 5.60. The SMILES string of the molecule is Cc1cc2cc(NC(=O)C[C@@H](C)n3cncn3)ccc2n1C. The molecule has 6 heteroatoms. The minimum Gasteiger partial charge on any atom is -0.348 e. The molecule has 0 spiro atoms. The predicted molar refractivity (Wildman–Crippen MR) is 85.6 cm³/mol. The highest BCUT2D eigenvalue weighted by Gasteiger charge is 2.12. The van der Waals surface area contributed by atoms with Crippen LogP contribution in [0, 0.1) is 6.92 Å². The average Bonchev–Trinajstić information content (AvgIpc) is 3.08. The first-order valence-electron chi connectivity index (χ1n) is 7.24. The Morgan fingerprint density at radius 3 is 2.91 bits per heavy atom. The van der Waals surface area contributed by atoms with E-state index in [1.807, 2.05) is 32.2 Å². The maximum absolute atomic E-state index is 12.1. The first-order valence-corrected chi connectivity index (χ1v) is 7.24. The zero-order valence-corrected chi connectivity index (χ0v) is 12.9. The molecule has 1 aromatic carbocycles. The number of fused-ring (bicyclic) bond motifs is 1. The summed E-state index contributed by atoms with van der Waals surface area (Å²) in [6, 6.07) is 8.05. The van der Waals surface area contributed by atoms with Crippen LogP contribution in [0.4, 0.5) is 5.69 Å². The fraction of sp³-hybridized carbons (Fsp3) is 0.312. The molecule has 0 aliphatic heterocycles. The number of aromatic nitrogens is 4. The van der Waals surface area contributed by atoms with Crippen LogP contribution in [0.25, 0.3) is 10.9 Å². The minimum absolute atomic E-state index is 0.0230. The minimum atomic E-state index is -0.0324. The third-order valence-electron chi connectivity index (χ3n) is 3.94. The van der Waals surface area contributed by atoms with Crippen molar-refractivity contribution in [3.8, 4) is 0 Å². The van der Waals surface area contributed by atoms with Gasteiger partial charge in [-0.3, -0.25) is 4.79 Å². The summed E-state index contributed by atoms with van der Waals surface area (Å²) in [6.45, 7) is 4.01. The van der Waals surface area contributed by atoms with Crippen molar-refractivity contribution >= 4 is 22.5 Å². The number of nitrogens with zero attached hydrogens (tertiary/aromatic N) is 4. The Morgan fingerprint density at radius 2 is 2.18 bits per heavy atom. The van der Waals surface area contributed by atoms with Crippen molar-refractivity contribution in [1.82, 2.24) is 19.3 Å². The fourth-order valence-electron chi connectivity index (χ4n) is 2.58. The molecular weight excluding hydrogens is 278 g/mol. The number of anilines is 1. The quantitative estimate of drug-likeness (QED) is 0.805. The van der Waals surface area contributed by atoms with Crippen LogP contribution in [0.1, 0.15) is 25.1 Å². The maximum Gasteiger partial charge on any atom is 0.226 e. The number of carbonyl (C=O) groups excluding carboxylic acids is 1. The largest absolute Gasteiger partial charge is 0.348 e. The first kappa shape index (κ1) is 14.3. The van der Waals surface area contributed by atoms with Gasteiger partial charge in [0.1, 0.15) is 12.7 Å². The van der Waals surface area contributed by atoms with Crippen LogP contribution in [-0.4, -0.2) is 25.2 Å². The van der Waals surface area contributed by atoms with E-state index in [4.69, 9.17) is 0 Å². The molecule has 0 aliphatic rings. The molecule has 1 amide bonds. The average molecular weight is 297 g/mol. The Balaban J connectivity index is 1.71. The van der Waals surface area contributed by atoms with Crippen molar-refractivity contribution in [2.24, 2.45) is 7.05 Å². The van der Waals surface area contributed by atoms with Crippen molar-refractivity contribution in [2.75, 3.05) is 5.32 Å². The summed E-state index contributed by atoms with van der Waals surface area (Å²) < 4.78 is 3.82. The molecule has 0 bridgehead atoms. The van der Waals surface area contributed by atoms with Crippen LogP contribution in [0.5, 0.6) is 0 Å². The van der Waals surface area contributed by atoms with Gasteiger partial charge in [0.15, 0.2) is 0 Å². The molecule has 3 rings (SSSR count). The van der Waals surface area contributed by atoms with E-state index < -0.39 is 0 Å². The highest BCUT2D eigenvalue weighted by molar-refractivity contribution is 5.94. The van der Waals surface area contributed by atoms with Gasteiger partial charge in [-0.1, -0.05) is 0 Å². The Morgan fingerprint density at radius 1 is 1.36 bits per heavy atom. The molecular formula is C16H19N5O. The molecule has 0 saturated carbocycles. The summed E-state index contributed by atoms with van der Waals surface area (Å²) in [5.41, 5.74) is 3.17. The third-order valence-corrected chi connectivity index (χ3v) is 3.94. The van der Waals surface area contributed by atoms with Crippen molar-refractivity contribution in [3.63, 3.8) is 0 Å². The number of benzene rings is 1. The molecule has 0 radical (unpaired) electrons. The number of amides is 1. The lowest BCUT2D eigenvalue weighted by atomic mass is 10.2. The molecule has 2 heterocycles. The Labute approximate surface area is 128 Å². The van der Waals surface area contributed by atoms with Gasteiger partial charge >= 0.3 is 0 Å². The number of hydrogen-bond acceptors (Lipinski definition) is 3. The van der Waals surface area contributed by atoms with E-state index in [9.17, 15) is 4.79 Å². The van der Waals surface area contributed by atoms with Gasteiger partial charge in [0.05, 0.1) is 6.04 Å².